The van der Waals surface area contributed by atoms with Gasteiger partial charge in [-0.15, -0.1) is 0 Å². The molecule has 1 aliphatic rings. The first-order chi connectivity index (χ1) is 9.43. The molecule has 1 aliphatic heterocycles. The number of hydrogen-bond acceptors (Lipinski definition) is 3. The summed E-state index contributed by atoms with van der Waals surface area (Å²) in [6.45, 7) is 7.40. The third-order valence-electron chi connectivity index (χ3n) is 3.67. The third kappa shape index (κ3) is 5.04. The van der Waals surface area contributed by atoms with Crippen LogP contribution in [-0.2, 0) is 9.59 Å². The number of amides is 2. The van der Waals surface area contributed by atoms with Crippen LogP contribution in [0.25, 0.3) is 0 Å². The summed E-state index contributed by atoms with van der Waals surface area (Å²) in [5.74, 6) is 0.201. The molecule has 0 aromatic heterocycles. The molecule has 0 aliphatic carbocycles. The SMILES string of the molecule is C/C(=C\C(=O)N1CCC(NC(=O)CC#N)CC1)C(C)C. The minimum Gasteiger partial charge on any atom is -0.352 e. The largest absolute Gasteiger partial charge is 0.352 e. The van der Waals surface area contributed by atoms with Gasteiger partial charge in [-0.2, -0.15) is 5.26 Å². The van der Waals surface area contributed by atoms with Gasteiger partial charge in [0.1, 0.15) is 6.42 Å². The van der Waals surface area contributed by atoms with Crippen molar-refractivity contribution in [3.05, 3.63) is 11.6 Å². The van der Waals surface area contributed by atoms with E-state index >= 15 is 0 Å². The molecule has 1 heterocycles. The van der Waals surface area contributed by atoms with Gasteiger partial charge < -0.3 is 10.2 Å². The first-order valence-corrected chi connectivity index (χ1v) is 7.07. The fraction of sp³-hybridized carbons (Fsp3) is 0.667. The van der Waals surface area contributed by atoms with Crippen LogP contribution in [0.15, 0.2) is 11.6 Å². The van der Waals surface area contributed by atoms with Gasteiger partial charge in [-0.3, -0.25) is 9.59 Å². The number of nitrogens with zero attached hydrogens (tertiary/aromatic N) is 2. The molecule has 0 saturated carbocycles. The van der Waals surface area contributed by atoms with Crippen LogP contribution >= 0.6 is 0 Å². The van der Waals surface area contributed by atoms with Crippen LogP contribution in [0.3, 0.4) is 0 Å². The predicted octanol–water partition coefficient (Wildman–Crippen LogP) is 1.61. The number of nitriles is 1. The second-order valence-electron chi connectivity index (χ2n) is 5.55. The highest BCUT2D eigenvalue weighted by atomic mass is 16.2. The van der Waals surface area contributed by atoms with E-state index in [0.717, 1.165) is 18.4 Å². The highest BCUT2D eigenvalue weighted by Gasteiger charge is 2.22. The first-order valence-electron chi connectivity index (χ1n) is 7.07. The van der Waals surface area contributed by atoms with E-state index < -0.39 is 0 Å². The lowest BCUT2D eigenvalue weighted by Crippen LogP contribution is -2.46. The molecular formula is C15H23N3O2. The number of likely N-dealkylation sites (tertiary alicyclic amines) is 1. The molecule has 2 amide bonds. The second kappa shape index (κ2) is 7.68. The maximum absolute atomic E-state index is 12.1. The fourth-order valence-electron chi connectivity index (χ4n) is 2.05. The number of nitrogens with one attached hydrogen (secondary N) is 1. The van der Waals surface area contributed by atoms with Crippen molar-refractivity contribution in [1.29, 1.82) is 5.26 Å². The van der Waals surface area contributed by atoms with E-state index in [4.69, 9.17) is 5.26 Å². The minimum atomic E-state index is -0.229. The maximum atomic E-state index is 12.1. The summed E-state index contributed by atoms with van der Waals surface area (Å²) in [5, 5.41) is 11.3. The summed E-state index contributed by atoms with van der Waals surface area (Å²) in [5.41, 5.74) is 1.08. The van der Waals surface area contributed by atoms with Crippen LogP contribution in [0.4, 0.5) is 0 Å². The molecule has 5 nitrogen and oxygen atoms in total. The smallest absolute Gasteiger partial charge is 0.246 e. The van der Waals surface area contributed by atoms with Crippen molar-refractivity contribution < 1.29 is 9.59 Å². The lowest BCUT2D eigenvalue weighted by Gasteiger charge is -2.31. The zero-order chi connectivity index (χ0) is 15.1. The summed E-state index contributed by atoms with van der Waals surface area (Å²) in [6, 6.07) is 1.91. The summed E-state index contributed by atoms with van der Waals surface area (Å²) < 4.78 is 0. The molecule has 0 unspecified atom stereocenters. The topological polar surface area (TPSA) is 73.2 Å². The monoisotopic (exact) mass is 277 g/mol. The zero-order valence-corrected chi connectivity index (χ0v) is 12.5. The van der Waals surface area contributed by atoms with Crippen molar-refractivity contribution in [2.24, 2.45) is 5.92 Å². The number of piperidine rings is 1. The Bertz CT molecular complexity index is 427. The van der Waals surface area contributed by atoms with Crippen LogP contribution < -0.4 is 5.32 Å². The number of carbonyl (C=O) groups is 2. The van der Waals surface area contributed by atoms with Gasteiger partial charge in [0.2, 0.25) is 11.8 Å². The molecule has 0 atom stereocenters. The van der Waals surface area contributed by atoms with Crippen LogP contribution in [0.1, 0.15) is 40.0 Å². The summed E-state index contributed by atoms with van der Waals surface area (Å²) >= 11 is 0. The molecule has 5 heteroatoms. The van der Waals surface area contributed by atoms with E-state index in [1.54, 1.807) is 6.08 Å². The normalized spacial score (nSPS) is 16.9. The van der Waals surface area contributed by atoms with Crippen LogP contribution in [0.5, 0.6) is 0 Å². The Balaban J connectivity index is 2.43. The molecule has 0 bridgehead atoms. The van der Waals surface area contributed by atoms with Crippen molar-refractivity contribution in [1.82, 2.24) is 10.2 Å². The van der Waals surface area contributed by atoms with Gasteiger partial charge in [-0.1, -0.05) is 19.4 Å². The van der Waals surface area contributed by atoms with Gasteiger partial charge in [0, 0.05) is 25.2 Å². The standard InChI is InChI=1S/C15H23N3O2/c1-11(2)12(3)10-15(20)18-8-5-13(6-9-18)17-14(19)4-7-16/h10-11,13H,4-6,8-9H2,1-3H3,(H,17,19)/b12-10+. The van der Waals surface area contributed by atoms with Crippen molar-refractivity contribution in [3.63, 3.8) is 0 Å². The molecule has 1 rings (SSSR count). The molecule has 110 valence electrons. The minimum absolute atomic E-state index is 0.0537. The third-order valence-corrected chi connectivity index (χ3v) is 3.67. The van der Waals surface area contributed by atoms with E-state index in [0.29, 0.717) is 19.0 Å². The van der Waals surface area contributed by atoms with Gasteiger partial charge in [-0.05, 0) is 25.7 Å². The van der Waals surface area contributed by atoms with Crippen molar-refractivity contribution in [2.75, 3.05) is 13.1 Å². The van der Waals surface area contributed by atoms with Gasteiger partial charge in [0.05, 0.1) is 6.07 Å². The quantitative estimate of drug-likeness (QED) is 0.793. The van der Waals surface area contributed by atoms with Crippen LogP contribution in [-0.4, -0.2) is 35.8 Å². The summed E-state index contributed by atoms with van der Waals surface area (Å²) in [7, 11) is 0. The highest BCUT2D eigenvalue weighted by Crippen LogP contribution is 2.13. The molecular weight excluding hydrogens is 254 g/mol. The zero-order valence-electron chi connectivity index (χ0n) is 12.5. The Morgan fingerprint density at radius 1 is 1.40 bits per heavy atom. The molecule has 0 spiro atoms. The van der Waals surface area contributed by atoms with E-state index in [1.807, 2.05) is 17.9 Å². The van der Waals surface area contributed by atoms with Crippen molar-refractivity contribution in [3.8, 4) is 6.07 Å². The Hall–Kier alpha value is -1.83. The van der Waals surface area contributed by atoms with Crippen molar-refractivity contribution >= 4 is 11.8 Å². The van der Waals surface area contributed by atoms with Gasteiger partial charge >= 0.3 is 0 Å². The average Bonchev–Trinajstić information content (AvgIpc) is 2.39. The lowest BCUT2D eigenvalue weighted by atomic mass is 10.0. The first kappa shape index (κ1) is 16.2. The number of hydrogen-bond donors (Lipinski definition) is 1. The van der Waals surface area contributed by atoms with Crippen molar-refractivity contribution in [2.45, 2.75) is 46.1 Å². The van der Waals surface area contributed by atoms with Gasteiger partial charge in [0.15, 0.2) is 0 Å². The number of rotatable bonds is 4. The molecule has 0 aromatic rings. The highest BCUT2D eigenvalue weighted by molar-refractivity contribution is 5.88. The molecule has 1 saturated heterocycles. The number of carbonyl (C=O) groups excluding carboxylic acids is 2. The number of allylic oxidation sites excluding steroid dienone is 1. The lowest BCUT2D eigenvalue weighted by molar-refractivity contribution is -0.127. The van der Waals surface area contributed by atoms with E-state index in [-0.39, 0.29) is 24.3 Å². The predicted molar refractivity (Wildman–Crippen MR) is 76.6 cm³/mol. The van der Waals surface area contributed by atoms with Gasteiger partial charge in [-0.25, -0.2) is 0 Å². The van der Waals surface area contributed by atoms with Gasteiger partial charge in [0.25, 0.3) is 0 Å². The molecule has 20 heavy (non-hydrogen) atoms. The molecule has 1 N–H and O–H groups in total. The maximum Gasteiger partial charge on any atom is 0.246 e. The van der Waals surface area contributed by atoms with Crippen LogP contribution in [0.2, 0.25) is 0 Å². The fourth-order valence-corrected chi connectivity index (χ4v) is 2.05. The Morgan fingerprint density at radius 3 is 2.50 bits per heavy atom. The van der Waals surface area contributed by atoms with E-state index in [2.05, 4.69) is 19.2 Å². The second-order valence-corrected chi connectivity index (χ2v) is 5.55. The average molecular weight is 277 g/mol. The van der Waals surface area contributed by atoms with Crippen LogP contribution in [0, 0.1) is 17.2 Å². The summed E-state index contributed by atoms with van der Waals surface area (Å²) in [4.78, 5) is 25.2. The molecule has 0 radical (unpaired) electrons. The Labute approximate surface area is 120 Å². The van der Waals surface area contributed by atoms with E-state index in [1.165, 1.54) is 0 Å². The molecule has 0 aromatic carbocycles. The van der Waals surface area contributed by atoms with E-state index in [9.17, 15) is 9.59 Å². The Morgan fingerprint density at radius 2 is 2.00 bits per heavy atom. The Kier molecular flexibility index (Phi) is 6.23. The summed E-state index contributed by atoms with van der Waals surface area (Å²) in [6.07, 6.45) is 3.10. The molecule has 1 fully saturated rings.